The van der Waals surface area contributed by atoms with E-state index in [0.29, 0.717) is 0 Å². The first-order valence-corrected chi connectivity index (χ1v) is 14.6. The van der Waals surface area contributed by atoms with Gasteiger partial charge in [0.1, 0.15) is 0 Å². The maximum atomic E-state index is 2.39. The van der Waals surface area contributed by atoms with Crippen LogP contribution in [0.1, 0.15) is 136 Å². The lowest BCUT2D eigenvalue weighted by molar-refractivity contribution is -0.952. The van der Waals surface area contributed by atoms with Crippen molar-refractivity contribution in [3.63, 3.8) is 0 Å². The molecule has 0 saturated carbocycles. The molecule has 0 aromatic heterocycles. The maximum Gasteiger partial charge on any atom is 0.0931 e. The van der Waals surface area contributed by atoms with Gasteiger partial charge in [0.25, 0.3) is 0 Å². The topological polar surface area (TPSA) is 0 Å². The summed E-state index contributed by atoms with van der Waals surface area (Å²) in [4.78, 5) is 0. The Bertz CT molecular complexity index is 500. The van der Waals surface area contributed by atoms with Crippen LogP contribution in [0.4, 0.5) is 0 Å². The lowest BCUT2D eigenvalue weighted by Gasteiger charge is -2.46. The van der Waals surface area contributed by atoms with Crippen molar-refractivity contribution in [3.8, 4) is 0 Å². The molecule has 1 aromatic carbocycles. The summed E-state index contributed by atoms with van der Waals surface area (Å²) in [5.74, 6) is 0. The van der Waals surface area contributed by atoms with Gasteiger partial charge in [0.2, 0.25) is 0 Å². The quantitative estimate of drug-likeness (QED) is 0.123. The lowest BCUT2D eigenvalue weighted by Crippen LogP contribution is -2.58. The molecular weight excluding hydrogens is 386 g/mol. The number of benzene rings is 1. The normalized spacial score (nSPS) is 12.9. The molecule has 0 spiro atoms. The van der Waals surface area contributed by atoms with Crippen LogP contribution in [0.5, 0.6) is 0 Å². The van der Waals surface area contributed by atoms with Crippen molar-refractivity contribution in [1.29, 1.82) is 0 Å². The van der Waals surface area contributed by atoms with Gasteiger partial charge in [-0.1, -0.05) is 122 Å². The minimum absolute atomic E-state index is 0.799. The fraction of sp³-hybridized carbons (Fsp3) is 0.806. The molecule has 0 amide bonds. The monoisotopic (exact) mass is 444 g/mol. The zero-order valence-electron chi connectivity index (χ0n) is 22.6. The molecule has 0 fully saturated rings. The predicted octanol–water partition coefficient (Wildman–Crippen LogP) is 9.74. The van der Waals surface area contributed by atoms with E-state index in [1.807, 2.05) is 0 Å². The summed E-state index contributed by atoms with van der Waals surface area (Å²) >= 11 is 0. The molecule has 1 aromatic rings. The van der Waals surface area contributed by atoms with Crippen molar-refractivity contribution >= 4 is 0 Å². The van der Waals surface area contributed by atoms with Gasteiger partial charge in [0, 0.05) is 6.42 Å². The number of quaternary nitrogens is 1. The number of hydrogen-bond donors (Lipinski definition) is 0. The molecule has 0 aliphatic rings. The van der Waals surface area contributed by atoms with Crippen molar-refractivity contribution in [2.45, 2.75) is 143 Å². The van der Waals surface area contributed by atoms with E-state index in [0.717, 1.165) is 6.04 Å². The number of unbranched alkanes of at least 4 members (excludes halogenated alkanes) is 11. The van der Waals surface area contributed by atoms with Crippen LogP contribution in [0, 0.1) is 0 Å². The van der Waals surface area contributed by atoms with E-state index in [-0.39, 0.29) is 0 Å². The molecule has 32 heavy (non-hydrogen) atoms. The highest BCUT2D eigenvalue weighted by Gasteiger charge is 2.35. The average Bonchev–Trinajstić information content (AvgIpc) is 2.82. The minimum Gasteiger partial charge on any atom is -0.321 e. The van der Waals surface area contributed by atoms with Crippen LogP contribution in [0.15, 0.2) is 30.3 Å². The Morgan fingerprint density at radius 2 is 1.00 bits per heavy atom. The fourth-order valence-corrected chi connectivity index (χ4v) is 5.48. The number of nitrogens with zero attached hydrogens (tertiary/aromatic N) is 1. The standard InChI is InChI=1S/C31H58N/c1-5-9-13-15-17-22-28-32(26-11-7-3,27-12-8-4)31(25-21-16-14-10-6-2)29-30-23-19-18-20-24-30/h18-20,23-24,31H,5-17,21-22,25-29H2,1-4H3/q+1. The van der Waals surface area contributed by atoms with Gasteiger partial charge in [-0.05, 0) is 44.1 Å². The fourth-order valence-electron chi connectivity index (χ4n) is 5.48. The van der Waals surface area contributed by atoms with Crippen LogP contribution in [-0.2, 0) is 6.42 Å². The van der Waals surface area contributed by atoms with Crippen LogP contribution >= 0.6 is 0 Å². The summed E-state index contributed by atoms with van der Waals surface area (Å²) < 4.78 is 1.40. The third-order valence-electron chi connectivity index (χ3n) is 7.60. The van der Waals surface area contributed by atoms with Gasteiger partial charge in [-0.3, -0.25) is 0 Å². The predicted molar refractivity (Wildman–Crippen MR) is 145 cm³/mol. The second-order valence-electron chi connectivity index (χ2n) is 10.4. The maximum absolute atomic E-state index is 2.39. The summed E-state index contributed by atoms with van der Waals surface area (Å²) in [6.45, 7) is 13.6. The van der Waals surface area contributed by atoms with E-state index in [4.69, 9.17) is 0 Å². The smallest absolute Gasteiger partial charge is 0.0931 e. The van der Waals surface area contributed by atoms with Gasteiger partial charge in [-0.15, -0.1) is 0 Å². The molecule has 0 bridgehead atoms. The molecule has 186 valence electrons. The molecule has 0 aliphatic carbocycles. The molecule has 0 saturated heterocycles. The van der Waals surface area contributed by atoms with Gasteiger partial charge >= 0.3 is 0 Å². The highest BCUT2D eigenvalue weighted by molar-refractivity contribution is 5.15. The zero-order chi connectivity index (χ0) is 23.3. The molecule has 0 aliphatic heterocycles. The van der Waals surface area contributed by atoms with Gasteiger partial charge in [0.05, 0.1) is 25.7 Å². The number of rotatable bonds is 22. The van der Waals surface area contributed by atoms with Crippen LogP contribution in [0.2, 0.25) is 0 Å². The van der Waals surface area contributed by atoms with E-state index in [1.165, 1.54) is 133 Å². The third-order valence-corrected chi connectivity index (χ3v) is 7.60. The second-order valence-corrected chi connectivity index (χ2v) is 10.4. The van der Waals surface area contributed by atoms with E-state index in [1.54, 1.807) is 5.56 Å². The van der Waals surface area contributed by atoms with E-state index < -0.39 is 0 Å². The molecule has 1 atom stereocenters. The summed E-state index contributed by atoms with van der Waals surface area (Å²) in [5, 5.41) is 0. The summed E-state index contributed by atoms with van der Waals surface area (Å²) in [6, 6.07) is 12.2. The van der Waals surface area contributed by atoms with Crippen LogP contribution in [0.3, 0.4) is 0 Å². The second kappa shape index (κ2) is 19.6. The van der Waals surface area contributed by atoms with Crippen molar-refractivity contribution in [2.75, 3.05) is 19.6 Å². The first-order chi connectivity index (χ1) is 15.7. The SMILES string of the molecule is CCCCCCCC[N+](CCCC)(CCCC)C(CCCCCCC)Cc1ccccc1. The van der Waals surface area contributed by atoms with Gasteiger partial charge < -0.3 is 4.48 Å². The molecule has 1 heteroatoms. The highest BCUT2D eigenvalue weighted by atomic mass is 15.4. The molecule has 0 radical (unpaired) electrons. The average molecular weight is 445 g/mol. The Balaban J connectivity index is 2.98. The Morgan fingerprint density at radius 1 is 0.531 bits per heavy atom. The summed E-state index contributed by atoms with van der Waals surface area (Å²) in [6.07, 6.45) is 23.7. The van der Waals surface area contributed by atoms with Crippen molar-refractivity contribution in [3.05, 3.63) is 35.9 Å². The zero-order valence-corrected chi connectivity index (χ0v) is 22.6. The van der Waals surface area contributed by atoms with Gasteiger partial charge in [-0.2, -0.15) is 0 Å². The van der Waals surface area contributed by atoms with Gasteiger partial charge in [-0.25, -0.2) is 0 Å². The summed E-state index contributed by atoms with van der Waals surface area (Å²) in [5.41, 5.74) is 1.56. The van der Waals surface area contributed by atoms with Crippen LogP contribution in [0.25, 0.3) is 0 Å². The Kier molecular flexibility index (Phi) is 17.9. The minimum atomic E-state index is 0.799. The van der Waals surface area contributed by atoms with E-state index in [2.05, 4.69) is 58.0 Å². The van der Waals surface area contributed by atoms with Crippen LogP contribution in [-0.4, -0.2) is 30.2 Å². The third kappa shape index (κ3) is 12.4. The van der Waals surface area contributed by atoms with Crippen molar-refractivity contribution < 1.29 is 4.48 Å². The molecule has 1 unspecified atom stereocenters. The number of hydrogen-bond acceptors (Lipinski definition) is 0. The highest BCUT2D eigenvalue weighted by Crippen LogP contribution is 2.27. The van der Waals surface area contributed by atoms with Crippen LogP contribution < -0.4 is 0 Å². The summed E-state index contributed by atoms with van der Waals surface area (Å²) in [7, 11) is 0. The molecular formula is C31H58N+. The van der Waals surface area contributed by atoms with Gasteiger partial charge in [0.15, 0.2) is 0 Å². The first kappa shape index (κ1) is 29.2. The first-order valence-electron chi connectivity index (χ1n) is 14.6. The van der Waals surface area contributed by atoms with Crippen molar-refractivity contribution in [2.24, 2.45) is 0 Å². The Morgan fingerprint density at radius 3 is 1.56 bits per heavy atom. The lowest BCUT2D eigenvalue weighted by atomic mass is 9.94. The Labute approximate surface area is 203 Å². The van der Waals surface area contributed by atoms with E-state index in [9.17, 15) is 0 Å². The molecule has 1 rings (SSSR count). The molecule has 0 heterocycles. The largest absolute Gasteiger partial charge is 0.321 e. The molecule has 1 nitrogen and oxygen atoms in total. The Hall–Kier alpha value is -0.820. The van der Waals surface area contributed by atoms with Crippen molar-refractivity contribution in [1.82, 2.24) is 0 Å². The van der Waals surface area contributed by atoms with E-state index >= 15 is 0 Å². The molecule has 0 N–H and O–H groups in total.